The Labute approximate surface area is 166 Å². The molecule has 0 saturated carbocycles. The number of nitrogens with zero attached hydrogens (tertiary/aromatic N) is 1. The van der Waals surface area contributed by atoms with Gasteiger partial charge in [-0.15, -0.1) is 0 Å². The first-order valence-electron chi connectivity index (χ1n) is 9.83. The zero-order valence-corrected chi connectivity index (χ0v) is 17.0. The minimum Gasteiger partial charge on any atom is -0.495 e. The Morgan fingerprint density at radius 3 is 2.64 bits per heavy atom. The highest BCUT2D eigenvalue weighted by atomic mass is 16.5. The van der Waals surface area contributed by atoms with Gasteiger partial charge in [-0.1, -0.05) is 32.4 Å². The molecule has 1 aromatic carbocycles. The second-order valence-corrected chi connectivity index (χ2v) is 6.91. The lowest BCUT2D eigenvalue weighted by atomic mass is 9.98. The van der Waals surface area contributed by atoms with Gasteiger partial charge in [0, 0.05) is 26.2 Å². The largest absolute Gasteiger partial charge is 0.495 e. The standard InChI is InChI=1S/C20H32N4O4/c1-4-15(2)18(19(25)21-9-10-24-11-13-28-14-12-24)23-20(26)22-16-7-5-6-8-17(16)27-3/h5-8,15,18H,4,9-14H2,1-3H3,(H,21,25)(H2,22,23,26). The van der Waals surface area contributed by atoms with Crippen molar-refractivity contribution in [2.45, 2.75) is 26.3 Å². The maximum Gasteiger partial charge on any atom is 0.320 e. The minimum atomic E-state index is -0.607. The van der Waals surface area contributed by atoms with Gasteiger partial charge in [-0.2, -0.15) is 0 Å². The molecule has 0 radical (unpaired) electrons. The predicted octanol–water partition coefficient (Wildman–Crippen LogP) is 1.68. The maximum atomic E-state index is 12.7. The summed E-state index contributed by atoms with van der Waals surface area (Å²) in [4.78, 5) is 27.4. The van der Waals surface area contributed by atoms with E-state index in [1.165, 1.54) is 0 Å². The van der Waals surface area contributed by atoms with Gasteiger partial charge in [0.1, 0.15) is 11.8 Å². The summed E-state index contributed by atoms with van der Waals surface area (Å²) in [6.45, 7) is 8.49. The van der Waals surface area contributed by atoms with Crippen molar-refractivity contribution in [2.24, 2.45) is 5.92 Å². The number of rotatable bonds is 9. The van der Waals surface area contributed by atoms with Gasteiger partial charge < -0.3 is 25.4 Å². The Bertz CT molecular complexity index is 634. The first-order valence-corrected chi connectivity index (χ1v) is 9.83. The van der Waals surface area contributed by atoms with Crippen LogP contribution in [-0.2, 0) is 9.53 Å². The smallest absolute Gasteiger partial charge is 0.320 e. The van der Waals surface area contributed by atoms with Crippen LogP contribution >= 0.6 is 0 Å². The number of ether oxygens (including phenoxy) is 2. The number of para-hydroxylation sites is 2. The fourth-order valence-corrected chi connectivity index (χ4v) is 3.02. The second kappa shape index (κ2) is 11.5. The Balaban J connectivity index is 1.88. The van der Waals surface area contributed by atoms with Gasteiger partial charge in [-0.3, -0.25) is 9.69 Å². The van der Waals surface area contributed by atoms with Crippen molar-refractivity contribution in [1.29, 1.82) is 0 Å². The van der Waals surface area contributed by atoms with Gasteiger partial charge in [-0.25, -0.2) is 4.79 Å². The SMILES string of the molecule is CCC(C)C(NC(=O)Nc1ccccc1OC)C(=O)NCCN1CCOCC1. The Morgan fingerprint density at radius 1 is 1.25 bits per heavy atom. The van der Waals surface area contributed by atoms with Crippen molar-refractivity contribution in [3.8, 4) is 5.75 Å². The maximum absolute atomic E-state index is 12.7. The average Bonchev–Trinajstić information content (AvgIpc) is 2.72. The lowest BCUT2D eigenvalue weighted by molar-refractivity contribution is -0.124. The van der Waals surface area contributed by atoms with E-state index in [9.17, 15) is 9.59 Å². The van der Waals surface area contributed by atoms with Crippen molar-refractivity contribution < 1.29 is 19.1 Å². The van der Waals surface area contributed by atoms with Crippen LogP contribution < -0.4 is 20.7 Å². The topological polar surface area (TPSA) is 91.9 Å². The monoisotopic (exact) mass is 392 g/mol. The number of benzene rings is 1. The van der Waals surface area contributed by atoms with Crippen LogP contribution in [0.5, 0.6) is 5.75 Å². The average molecular weight is 393 g/mol. The molecule has 1 aromatic rings. The summed E-state index contributed by atoms with van der Waals surface area (Å²) in [7, 11) is 1.54. The molecule has 2 unspecified atom stereocenters. The highest BCUT2D eigenvalue weighted by molar-refractivity contribution is 5.94. The third kappa shape index (κ3) is 6.69. The van der Waals surface area contributed by atoms with Gasteiger partial charge >= 0.3 is 6.03 Å². The number of carbonyl (C=O) groups is 2. The molecule has 1 heterocycles. The van der Waals surface area contributed by atoms with E-state index in [4.69, 9.17) is 9.47 Å². The molecule has 2 atom stereocenters. The van der Waals surface area contributed by atoms with E-state index >= 15 is 0 Å². The summed E-state index contributed by atoms with van der Waals surface area (Å²) < 4.78 is 10.6. The first-order chi connectivity index (χ1) is 13.5. The van der Waals surface area contributed by atoms with Crippen LogP contribution in [0.4, 0.5) is 10.5 Å². The van der Waals surface area contributed by atoms with E-state index < -0.39 is 12.1 Å². The number of methoxy groups -OCH3 is 1. The van der Waals surface area contributed by atoms with E-state index in [1.54, 1.807) is 19.2 Å². The molecular weight excluding hydrogens is 360 g/mol. The fraction of sp³-hybridized carbons (Fsp3) is 0.600. The minimum absolute atomic E-state index is 0.00630. The van der Waals surface area contributed by atoms with Crippen molar-refractivity contribution in [1.82, 2.24) is 15.5 Å². The van der Waals surface area contributed by atoms with Crippen LogP contribution in [-0.4, -0.2) is 69.4 Å². The Morgan fingerprint density at radius 2 is 1.96 bits per heavy atom. The third-order valence-corrected chi connectivity index (χ3v) is 4.97. The van der Waals surface area contributed by atoms with Crippen LogP contribution in [0.2, 0.25) is 0 Å². The van der Waals surface area contributed by atoms with Crippen LogP contribution in [0, 0.1) is 5.92 Å². The number of hydrogen-bond acceptors (Lipinski definition) is 5. The molecule has 28 heavy (non-hydrogen) atoms. The van der Waals surface area contributed by atoms with Crippen LogP contribution in [0.1, 0.15) is 20.3 Å². The first kappa shape index (κ1) is 22.0. The third-order valence-electron chi connectivity index (χ3n) is 4.97. The van der Waals surface area contributed by atoms with Gasteiger partial charge in [0.25, 0.3) is 0 Å². The Hall–Kier alpha value is -2.32. The lowest BCUT2D eigenvalue weighted by Gasteiger charge is -2.27. The number of hydrogen-bond donors (Lipinski definition) is 3. The summed E-state index contributed by atoms with van der Waals surface area (Å²) in [6, 6.07) is 6.11. The van der Waals surface area contributed by atoms with E-state index in [1.807, 2.05) is 26.0 Å². The molecule has 1 fully saturated rings. The number of nitrogens with one attached hydrogen (secondary N) is 3. The Kier molecular flexibility index (Phi) is 9.03. The molecular formula is C20H32N4O4. The normalized spacial score (nSPS) is 16.7. The van der Waals surface area contributed by atoms with Gasteiger partial charge in [0.15, 0.2) is 0 Å². The zero-order chi connectivity index (χ0) is 20.4. The van der Waals surface area contributed by atoms with Gasteiger partial charge in [0.05, 0.1) is 26.0 Å². The van der Waals surface area contributed by atoms with Crippen molar-refractivity contribution in [2.75, 3.05) is 51.8 Å². The van der Waals surface area contributed by atoms with Gasteiger partial charge in [0.2, 0.25) is 5.91 Å². The van der Waals surface area contributed by atoms with E-state index in [-0.39, 0.29) is 11.8 Å². The number of urea groups is 1. The number of amides is 3. The van der Waals surface area contributed by atoms with Crippen molar-refractivity contribution in [3.05, 3.63) is 24.3 Å². The molecule has 2 rings (SSSR count). The summed E-state index contributed by atoms with van der Waals surface area (Å²) in [5.74, 6) is 0.400. The van der Waals surface area contributed by atoms with E-state index in [0.717, 1.165) is 39.3 Å². The molecule has 1 saturated heterocycles. The molecule has 1 aliphatic heterocycles. The number of morpholine rings is 1. The predicted molar refractivity (Wildman–Crippen MR) is 109 cm³/mol. The molecule has 0 spiro atoms. The van der Waals surface area contributed by atoms with Crippen molar-refractivity contribution in [3.63, 3.8) is 0 Å². The summed E-state index contributed by atoms with van der Waals surface area (Å²) in [5.41, 5.74) is 0.554. The van der Waals surface area contributed by atoms with Crippen molar-refractivity contribution >= 4 is 17.6 Å². The zero-order valence-electron chi connectivity index (χ0n) is 17.0. The molecule has 0 bridgehead atoms. The van der Waals surface area contributed by atoms with Crippen LogP contribution in [0.3, 0.4) is 0 Å². The highest BCUT2D eigenvalue weighted by Crippen LogP contribution is 2.22. The summed E-state index contributed by atoms with van der Waals surface area (Å²) >= 11 is 0. The molecule has 156 valence electrons. The summed E-state index contributed by atoms with van der Waals surface area (Å²) in [6.07, 6.45) is 0.774. The summed E-state index contributed by atoms with van der Waals surface area (Å²) in [5, 5.41) is 8.51. The molecule has 0 aromatic heterocycles. The lowest BCUT2D eigenvalue weighted by Crippen LogP contribution is -2.52. The van der Waals surface area contributed by atoms with E-state index in [0.29, 0.717) is 18.0 Å². The van der Waals surface area contributed by atoms with Crippen LogP contribution in [0.25, 0.3) is 0 Å². The fourth-order valence-electron chi connectivity index (χ4n) is 3.02. The van der Waals surface area contributed by atoms with Gasteiger partial charge in [-0.05, 0) is 18.1 Å². The molecule has 3 amide bonds. The number of carbonyl (C=O) groups excluding carboxylic acids is 2. The molecule has 8 heteroatoms. The molecule has 8 nitrogen and oxygen atoms in total. The second-order valence-electron chi connectivity index (χ2n) is 6.91. The molecule has 0 aliphatic carbocycles. The van der Waals surface area contributed by atoms with Crippen LogP contribution in [0.15, 0.2) is 24.3 Å². The molecule has 1 aliphatic rings. The number of anilines is 1. The highest BCUT2D eigenvalue weighted by Gasteiger charge is 2.26. The van der Waals surface area contributed by atoms with E-state index in [2.05, 4.69) is 20.9 Å². The quantitative estimate of drug-likeness (QED) is 0.595. The molecule has 3 N–H and O–H groups in total.